The van der Waals surface area contributed by atoms with Gasteiger partial charge in [-0.25, -0.2) is 4.39 Å². The lowest BCUT2D eigenvalue weighted by molar-refractivity contribution is 0.283. The molecule has 2 N–H and O–H groups in total. The Balaban J connectivity index is 3.39. The van der Waals surface area contributed by atoms with Crippen LogP contribution in [0, 0.1) is 0 Å². The number of halogens is 1. The average Bonchev–Trinajstić information content (AvgIpc) is 1.21. The van der Waals surface area contributed by atoms with Crippen molar-refractivity contribution >= 4 is 0 Å². The van der Waals surface area contributed by atoms with Crippen molar-refractivity contribution in [1.82, 2.24) is 0 Å². The summed E-state index contributed by atoms with van der Waals surface area (Å²) in [7, 11) is 0. The molecule has 0 amide bonds. The fraction of sp³-hybridized carbons (Fsp3) is 1.00. The van der Waals surface area contributed by atoms with Gasteiger partial charge in [0.25, 0.3) is 0 Å². The molecule has 0 aromatic heterocycles. The van der Waals surface area contributed by atoms with E-state index in [1.54, 1.807) is 0 Å². The second kappa shape index (κ2) is 2.44. The number of nitrogens with two attached hydrogens (primary N) is 1. The van der Waals surface area contributed by atoms with E-state index in [9.17, 15) is 4.39 Å². The van der Waals surface area contributed by atoms with Crippen LogP contribution in [0.4, 0.5) is 4.39 Å². The molecule has 0 heterocycles. The Labute approximate surface area is 50.1 Å². The molecule has 0 aliphatic heterocycles. The van der Waals surface area contributed by atoms with E-state index in [0.717, 1.165) is 0 Å². The summed E-state index contributed by atoms with van der Waals surface area (Å²) in [5.41, 5.74) is 5.14. The Bertz CT molecular complexity index is 63.4. The quantitative estimate of drug-likeness (QED) is 0.585. The van der Waals surface area contributed by atoms with Gasteiger partial charge in [-0.2, -0.15) is 0 Å². The summed E-state index contributed by atoms with van der Waals surface area (Å²) in [5.74, 6) is 0. The van der Waals surface area contributed by atoms with Gasteiger partial charge in [-0.3, -0.25) is 0 Å². The van der Waals surface area contributed by atoms with Crippen LogP contribution < -0.4 is 5.73 Å². The predicted octanol–water partition coefficient (Wildman–Crippen LogP) is 1.47. The third kappa shape index (κ3) is 5.89. The van der Waals surface area contributed by atoms with Gasteiger partial charge in [0.05, 0.1) is 6.17 Å². The minimum Gasteiger partial charge on any atom is -0.325 e. The Morgan fingerprint density at radius 2 is 2.00 bits per heavy atom. The summed E-state index contributed by atoms with van der Waals surface area (Å²) >= 11 is 0. The van der Waals surface area contributed by atoms with Crippen molar-refractivity contribution in [3.8, 4) is 0 Å². The van der Waals surface area contributed by atoms with Crippen molar-refractivity contribution in [2.45, 2.75) is 38.9 Å². The second-order valence-electron chi connectivity index (χ2n) is 2.97. The van der Waals surface area contributed by atoms with Gasteiger partial charge in [-0.05, 0) is 27.2 Å². The van der Waals surface area contributed by atoms with Crippen LogP contribution in [0.1, 0.15) is 27.2 Å². The molecule has 2 heteroatoms. The molecule has 0 saturated carbocycles. The zero-order valence-corrected chi connectivity index (χ0v) is 5.74. The third-order valence-electron chi connectivity index (χ3n) is 0.807. The van der Waals surface area contributed by atoms with Crippen LogP contribution in [0.2, 0.25) is 0 Å². The monoisotopic (exact) mass is 119 g/mol. The summed E-state index contributed by atoms with van der Waals surface area (Å²) in [4.78, 5) is 0. The molecule has 50 valence electrons. The van der Waals surface area contributed by atoms with Crippen LogP contribution in [0.3, 0.4) is 0 Å². The molecule has 0 rings (SSSR count). The van der Waals surface area contributed by atoms with E-state index in [1.807, 2.05) is 13.8 Å². The summed E-state index contributed by atoms with van der Waals surface area (Å²) in [6.45, 7) is 5.17. The number of hydrogen-bond donors (Lipinski definition) is 1. The van der Waals surface area contributed by atoms with Crippen molar-refractivity contribution < 1.29 is 4.39 Å². The van der Waals surface area contributed by atoms with Gasteiger partial charge < -0.3 is 5.73 Å². The molecule has 1 nitrogen and oxygen atoms in total. The molecule has 0 radical (unpaired) electrons. The van der Waals surface area contributed by atoms with Crippen LogP contribution in [-0.4, -0.2) is 11.7 Å². The lowest BCUT2D eigenvalue weighted by Crippen LogP contribution is -2.34. The molecule has 8 heavy (non-hydrogen) atoms. The lowest BCUT2D eigenvalue weighted by atomic mass is 10.00. The molecule has 0 spiro atoms. The number of rotatable bonds is 2. The highest BCUT2D eigenvalue weighted by atomic mass is 19.1. The van der Waals surface area contributed by atoms with Gasteiger partial charge in [0, 0.05) is 5.54 Å². The van der Waals surface area contributed by atoms with Gasteiger partial charge in [-0.1, -0.05) is 0 Å². The second-order valence-corrected chi connectivity index (χ2v) is 2.97. The SMILES string of the molecule is CC(F)CC(C)(C)N. The smallest absolute Gasteiger partial charge is 0.0990 e. The van der Waals surface area contributed by atoms with Crippen molar-refractivity contribution in [3.63, 3.8) is 0 Å². The predicted molar refractivity (Wildman–Crippen MR) is 33.5 cm³/mol. The summed E-state index contributed by atoms with van der Waals surface area (Å²) in [5, 5.41) is 0. The lowest BCUT2D eigenvalue weighted by Gasteiger charge is -2.18. The van der Waals surface area contributed by atoms with Gasteiger partial charge in [-0.15, -0.1) is 0 Å². The maximum absolute atomic E-state index is 12.1. The Morgan fingerprint density at radius 1 is 1.62 bits per heavy atom. The first-order valence-electron chi connectivity index (χ1n) is 2.85. The fourth-order valence-electron chi connectivity index (χ4n) is 0.725. The maximum Gasteiger partial charge on any atom is 0.0990 e. The highest BCUT2D eigenvalue weighted by molar-refractivity contribution is 4.73. The van der Waals surface area contributed by atoms with E-state index in [0.29, 0.717) is 6.42 Å². The van der Waals surface area contributed by atoms with Crippen LogP contribution in [0.25, 0.3) is 0 Å². The molecule has 0 fully saturated rings. The third-order valence-corrected chi connectivity index (χ3v) is 0.807. The molecule has 0 aromatic carbocycles. The molecule has 0 bridgehead atoms. The summed E-state index contributed by atoms with van der Waals surface area (Å²) in [6, 6.07) is 0. The highest BCUT2D eigenvalue weighted by Gasteiger charge is 2.13. The summed E-state index contributed by atoms with van der Waals surface area (Å²) in [6.07, 6.45) is -0.345. The first-order chi connectivity index (χ1) is 3.42. The highest BCUT2D eigenvalue weighted by Crippen LogP contribution is 2.08. The van der Waals surface area contributed by atoms with Gasteiger partial charge in [0.15, 0.2) is 0 Å². The molecule has 0 aromatic rings. The topological polar surface area (TPSA) is 26.0 Å². The van der Waals surface area contributed by atoms with Crippen molar-refractivity contribution in [2.24, 2.45) is 5.73 Å². The Hall–Kier alpha value is -0.110. The molecule has 0 saturated heterocycles. The van der Waals surface area contributed by atoms with E-state index >= 15 is 0 Å². The molecule has 0 aliphatic carbocycles. The summed E-state index contributed by atoms with van der Waals surface area (Å²) < 4.78 is 12.1. The van der Waals surface area contributed by atoms with Crippen LogP contribution in [0.15, 0.2) is 0 Å². The zero-order valence-electron chi connectivity index (χ0n) is 5.74. The molecule has 0 aliphatic rings. The molecule has 1 atom stereocenters. The van der Waals surface area contributed by atoms with Crippen LogP contribution in [-0.2, 0) is 0 Å². The zero-order chi connectivity index (χ0) is 6.78. The molecule has 1 unspecified atom stereocenters. The first-order valence-corrected chi connectivity index (χ1v) is 2.85. The van der Waals surface area contributed by atoms with E-state index in [4.69, 9.17) is 5.73 Å². The maximum atomic E-state index is 12.1. The standard InChI is InChI=1S/C6H14FN/c1-5(7)4-6(2,3)8/h5H,4,8H2,1-3H3. The van der Waals surface area contributed by atoms with Gasteiger partial charge in [0.2, 0.25) is 0 Å². The van der Waals surface area contributed by atoms with Crippen molar-refractivity contribution in [2.75, 3.05) is 0 Å². The Morgan fingerprint density at radius 3 is 2.00 bits per heavy atom. The number of hydrogen-bond acceptors (Lipinski definition) is 1. The van der Waals surface area contributed by atoms with Crippen LogP contribution >= 0.6 is 0 Å². The van der Waals surface area contributed by atoms with Crippen molar-refractivity contribution in [1.29, 1.82) is 0 Å². The average molecular weight is 119 g/mol. The van der Waals surface area contributed by atoms with Crippen molar-refractivity contribution in [3.05, 3.63) is 0 Å². The fourth-order valence-corrected chi connectivity index (χ4v) is 0.725. The normalized spacial score (nSPS) is 16.1. The van der Waals surface area contributed by atoms with Gasteiger partial charge in [0.1, 0.15) is 0 Å². The number of alkyl halides is 1. The first kappa shape index (κ1) is 7.89. The van der Waals surface area contributed by atoms with E-state index < -0.39 is 6.17 Å². The molecular weight excluding hydrogens is 105 g/mol. The minimum atomic E-state index is -0.782. The minimum absolute atomic E-state index is 0.353. The van der Waals surface area contributed by atoms with Gasteiger partial charge >= 0.3 is 0 Å². The van der Waals surface area contributed by atoms with E-state index in [1.165, 1.54) is 6.92 Å². The molecular formula is C6H14FN. The van der Waals surface area contributed by atoms with E-state index in [-0.39, 0.29) is 5.54 Å². The Kier molecular flexibility index (Phi) is 2.41. The van der Waals surface area contributed by atoms with Crippen LogP contribution in [0.5, 0.6) is 0 Å². The van der Waals surface area contributed by atoms with E-state index in [2.05, 4.69) is 0 Å². The largest absolute Gasteiger partial charge is 0.325 e.